The monoisotopic (exact) mass is 367 g/mol. The van der Waals surface area contributed by atoms with Gasteiger partial charge in [0.05, 0.1) is 10.4 Å². The molecular formula is C16H12F3N3O2S. The van der Waals surface area contributed by atoms with Crippen LogP contribution in [0.1, 0.15) is 5.56 Å². The van der Waals surface area contributed by atoms with Crippen LogP contribution in [-0.4, -0.2) is 28.8 Å². The number of hydrogen-bond acceptors (Lipinski definition) is 5. The van der Waals surface area contributed by atoms with Crippen molar-refractivity contribution >= 4 is 33.7 Å². The van der Waals surface area contributed by atoms with Gasteiger partial charge in [-0.3, -0.25) is 9.78 Å². The summed E-state index contributed by atoms with van der Waals surface area (Å²) < 4.78 is 42.0. The van der Waals surface area contributed by atoms with Gasteiger partial charge in [-0.15, -0.1) is 0 Å². The summed E-state index contributed by atoms with van der Waals surface area (Å²) in [6.07, 6.45) is -0.939. The Labute approximate surface area is 144 Å². The molecule has 2 heterocycles. The topological polar surface area (TPSA) is 77.6 Å². The number of amidine groups is 1. The smallest absolute Gasteiger partial charge is 0.422 e. The summed E-state index contributed by atoms with van der Waals surface area (Å²) in [7, 11) is 0. The number of alkyl halides is 3. The van der Waals surface area contributed by atoms with E-state index in [9.17, 15) is 18.0 Å². The normalized spacial score (nSPS) is 16.5. The lowest BCUT2D eigenvalue weighted by atomic mass is 10.1. The first kappa shape index (κ1) is 17.3. The number of thioether (sulfide) groups is 1. The van der Waals surface area contributed by atoms with E-state index in [1.165, 1.54) is 12.3 Å². The van der Waals surface area contributed by atoms with E-state index in [1.54, 1.807) is 24.3 Å². The number of aliphatic imine (C=N–C) groups is 1. The number of fused-ring (bicyclic) bond motifs is 1. The number of allylic oxidation sites excluding steroid dienone is 1. The number of nitrogens with two attached hydrogens (primary N) is 1. The fraction of sp³-hybridized carbons (Fsp3) is 0.188. The largest absolute Gasteiger partial charge is 0.483 e. The molecule has 9 heteroatoms. The average molecular weight is 367 g/mol. The van der Waals surface area contributed by atoms with Gasteiger partial charge in [-0.2, -0.15) is 18.2 Å². The van der Waals surface area contributed by atoms with E-state index in [2.05, 4.69) is 9.98 Å². The van der Waals surface area contributed by atoms with E-state index >= 15 is 0 Å². The highest BCUT2D eigenvalue weighted by molar-refractivity contribution is 8.18. The van der Waals surface area contributed by atoms with Crippen molar-refractivity contribution < 1.29 is 22.7 Å². The number of hydrogen-bond donors (Lipinski definition) is 1. The summed E-state index contributed by atoms with van der Waals surface area (Å²) in [6, 6.07) is 6.56. The molecule has 3 rings (SSSR count). The summed E-state index contributed by atoms with van der Waals surface area (Å²) in [5.41, 5.74) is 6.80. The van der Waals surface area contributed by atoms with E-state index in [4.69, 9.17) is 10.5 Å². The van der Waals surface area contributed by atoms with Gasteiger partial charge in [-0.1, -0.05) is 12.1 Å². The van der Waals surface area contributed by atoms with Crippen LogP contribution in [0, 0.1) is 0 Å². The first-order valence-corrected chi connectivity index (χ1v) is 7.97. The number of pyridine rings is 1. The SMILES string of the molecule is NC1=NC(=O)/C(=C/Cc2ccc3nccc(OCC(F)(F)F)c3c2)S1. The van der Waals surface area contributed by atoms with Gasteiger partial charge in [0.15, 0.2) is 11.8 Å². The molecule has 1 aliphatic rings. The number of aromatic nitrogens is 1. The molecule has 0 aliphatic carbocycles. The second-order valence-electron chi connectivity index (χ2n) is 5.19. The molecule has 0 radical (unpaired) electrons. The van der Waals surface area contributed by atoms with Crippen molar-refractivity contribution in [2.45, 2.75) is 12.6 Å². The second kappa shape index (κ2) is 6.75. The van der Waals surface area contributed by atoms with Crippen LogP contribution in [0.15, 0.2) is 46.4 Å². The van der Waals surface area contributed by atoms with Crippen LogP contribution in [0.5, 0.6) is 5.75 Å². The minimum absolute atomic E-state index is 0.107. The number of halogens is 3. The minimum atomic E-state index is -4.42. The highest BCUT2D eigenvalue weighted by atomic mass is 32.2. The van der Waals surface area contributed by atoms with Crippen LogP contribution in [-0.2, 0) is 11.2 Å². The zero-order valence-corrected chi connectivity index (χ0v) is 13.5. The Morgan fingerprint density at radius 3 is 2.76 bits per heavy atom. The number of amides is 1. The van der Waals surface area contributed by atoms with Crippen molar-refractivity contribution in [3.63, 3.8) is 0 Å². The third kappa shape index (κ3) is 4.30. The molecule has 5 nitrogen and oxygen atoms in total. The minimum Gasteiger partial charge on any atom is -0.483 e. The first-order chi connectivity index (χ1) is 11.8. The standard InChI is InChI=1S/C16H12F3N3O2S/c17-16(18,19)8-24-12-5-6-21-11-3-1-9(7-10(11)12)2-4-13-14(23)22-15(20)25-13/h1,3-7H,2,8H2,(H2,20,22,23)/b13-4-. The summed E-state index contributed by atoms with van der Waals surface area (Å²) in [6.45, 7) is -1.37. The predicted octanol–water partition coefficient (Wildman–Crippen LogP) is 3.19. The van der Waals surface area contributed by atoms with Crippen molar-refractivity contribution in [3.05, 3.63) is 47.0 Å². The van der Waals surface area contributed by atoms with Crippen molar-refractivity contribution in [1.29, 1.82) is 0 Å². The molecule has 2 aromatic rings. The van der Waals surface area contributed by atoms with Crippen LogP contribution in [0.25, 0.3) is 10.9 Å². The highest BCUT2D eigenvalue weighted by Crippen LogP contribution is 2.28. The van der Waals surface area contributed by atoms with Crippen molar-refractivity contribution in [2.24, 2.45) is 10.7 Å². The van der Waals surface area contributed by atoms with Crippen molar-refractivity contribution in [1.82, 2.24) is 4.98 Å². The Balaban J connectivity index is 1.83. The third-order valence-electron chi connectivity index (χ3n) is 3.32. The van der Waals surface area contributed by atoms with Gasteiger partial charge in [-0.25, -0.2) is 0 Å². The molecule has 0 fully saturated rings. The van der Waals surface area contributed by atoms with Gasteiger partial charge in [0, 0.05) is 11.6 Å². The lowest BCUT2D eigenvalue weighted by Crippen LogP contribution is -2.19. The van der Waals surface area contributed by atoms with Crippen LogP contribution < -0.4 is 10.5 Å². The molecule has 1 aliphatic heterocycles. The predicted molar refractivity (Wildman–Crippen MR) is 89.3 cm³/mol. The van der Waals surface area contributed by atoms with E-state index in [0.717, 1.165) is 17.3 Å². The van der Waals surface area contributed by atoms with Gasteiger partial charge in [0.25, 0.3) is 5.91 Å². The van der Waals surface area contributed by atoms with Gasteiger partial charge >= 0.3 is 6.18 Å². The Hall–Kier alpha value is -2.55. The quantitative estimate of drug-likeness (QED) is 0.840. The number of rotatable bonds is 4. The molecule has 130 valence electrons. The van der Waals surface area contributed by atoms with E-state index in [0.29, 0.717) is 22.2 Å². The van der Waals surface area contributed by atoms with Crippen LogP contribution in [0.2, 0.25) is 0 Å². The fourth-order valence-electron chi connectivity index (χ4n) is 2.25. The van der Waals surface area contributed by atoms with E-state index < -0.39 is 12.8 Å². The average Bonchev–Trinajstić information content (AvgIpc) is 2.87. The summed E-state index contributed by atoms with van der Waals surface area (Å²) >= 11 is 1.09. The zero-order valence-electron chi connectivity index (χ0n) is 12.7. The molecule has 2 N–H and O–H groups in total. The molecule has 0 saturated heterocycles. The van der Waals surface area contributed by atoms with Crippen molar-refractivity contribution in [2.75, 3.05) is 6.61 Å². The van der Waals surface area contributed by atoms with E-state index in [-0.39, 0.29) is 16.8 Å². The Morgan fingerprint density at radius 2 is 2.08 bits per heavy atom. The van der Waals surface area contributed by atoms with Gasteiger partial charge in [0.1, 0.15) is 5.75 Å². The van der Waals surface area contributed by atoms with Gasteiger partial charge in [-0.05, 0) is 41.9 Å². The lowest BCUT2D eigenvalue weighted by Gasteiger charge is -2.11. The van der Waals surface area contributed by atoms with Crippen LogP contribution in [0.3, 0.4) is 0 Å². The number of carbonyl (C=O) groups is 1. The van der Waals surface area contributed by atoms with Crippen molar-refractivity contribution in [3.8, 4) is 5.75 Å². The molecule has 1 amide bonds. The molecule has 0 atom stereocenters. The third-order valence-corrected chi connectivity index (χ3v) is 4.18. The maximum absolute atomic E-state index is 12.4. The Morgan fingerprint density at radius 1 is 1.28 bits per heavy atom. The Bertz CT molecular complexity index is 894. The summed E-state index contributed by atoms with van der Waals surface area (Å²) in [4.78, 5) is 19.7. The molecule has 0 unspecified atom stereocenters. The van der Waals surface area contributed by atoms with Crippen LogP contribution in [0.4, 0.5) is 13.2 Å². The molecule has 0 spiro atoms. The highest BCUT2D eigenvalue weighted by Gasteiger charge is 2.28. The molecule has 0 saturated carbocycles. The molecular weight excluding hydrogens is 355 g/mol. The zero-order chi connectivity index (χ0) is 18.0. The van der Waals surface area contributed by atoms with Crippen LogP contribution >= 0.6 is 11.8 Å². The fourth-order valence-corrected chi connectivity index (χ4v) is 2.91. The summed E-state index contributed by atoms with van der Waals surface area (Å²) in [5, 5.41) is 0.672. The number of benzene rings is 1. The molecule has 1 aromatic carbocycles. The molecule has 25 heavy (non-hydrogen) atoms. The van der Waals surface area contributed by atoms with E-state index in [1.807, 2.05) is 0 Å². The van der Waals surface area contributed by atoms with Gasteiger partial charge in [0.2, 0.25) is 0 Å². The molecule has 1 aromatic heterocycles. The second-order valence-corrected chi connectivity index (χ2v) is 6.26. The number of carbonyl (C=O) groups excluding carboxylic acids is 1. The maximum atomic E-state index is 12.4. The lowest BCUT2D eigenvalue weighted by molar-refractivity contribution is -0.153. The van der Waals surface area contributed by atoms with Gasteiger partial charge < -0.3 is 10.5 Å². The number of nitrogens with zero attached hydrogens (tertiary/aromatic N) is 2. The maximum Gasteiger partial charge on any atom is 0.422 e. The first-order valence-electron chi connectivity index (χ1n) is 7.15. The number of ether oxygens (including phenoxy) is 1. The Kier molecular flexibility index (Phi) is 4.67. The molecule has 0 bridgehead atoms. The summed E-state index contributed by atoms with van der Waals surface area (Å²) in [5.74, 6) is -0.283.